The third kappa shape index (κ3) is 2.73. The maximum Gasteiger partial charge on any atom is 0.226 e. The van der Waals surface area contributed by atoms with E-state index in [0.29, 0.717) is 23.9 Å². The van der Waals surface area contributed by atoms with Crippen molar-refractivity contribution in [1.82, 2.24) is 9.80 Å². The van der Waals surface area contributed by atoms with Crippen molar-refractivity contribution in [3.63, 3.8) is 0 Å². The first-order chi connectivity index (χ1) is 9.54. The Morgan fingerprint density at radius 3 is 2.70 bits per heavy atom. The van der Waals surface area contributed by atoms with Gasteiger partial charge in [0.1, 0.15) is 0 Å². The van der Waals surface area contributed by atoms with E-state index in [-0.39, 0.29) is 12.0 Å². The van der Waals surface area contributed by atoms with E-state index >= 15 is 0 Å². The van der Waals surface area contributed by atoms with Gasteiger partial charge in [-0.15, -0.1) is 0 Å². The number of nitrogens with zero attached hydrogens (tertiary/aromatic N) is 2. The molecule has 0 aromatic rings. The molecule has 5 atom stereocenters. The Hall–Kier alpha value is -0.610. The number of piperazine rings is 1. The Labute approximate surface area is 122 Å². The van der Waals surface area contributed by atoms with E-state index in [0.717, 1.165) is 32.4 Å². The van der Waals surface area contributed by atoms with Crippen LogP contribution in [0.25, 0.3) is 0 Å². The molecule has 4 heteroatoms. The highest BCUT2D eigenvalue weighted by Gasteiger charge is 2.39. The van der Waals surface area contributed by atoms with Gasteiger partial charge in [0.15, 0.2) is 0 Å². The van der Waals surface area contributed by atoms with Crippen LogP contribution in [0.2, 0.25) is 0 Å². The Morgan fingerprint density at radius 2 is 1.95 bits per heavy atom. The second kappa shape index (κ2) is 5.64. The molecule has 3 aliphatic rings. The van der Waals surface area contributed by atoms with E-state index in [9.17, 15) is 4.79 Å². The average molecular weight is 279 g/mol. The molecule has 2 heterocycles. The lowest BCUT2D eigenvalue weighted by atomic mass is 9.79. The molecule has 20 heavy (non-hydrogen) atoms. The second-order valence-corrected chi connectivity index (χ2v) is 7.40. The number of fused-ring (bicyclic) bond motifs is 1. The van der Waals surface area contributed by atoms with Crippen molar-refractivity contribution in [2.45, 2.75) is 64.1 Å². The fraction of sp³-hybridized carbons (Fsp3) is 0.938. The van der Waals surface area contributed by atoms with Crippen molar-refractivity contribution in [3.8, 4) is 0 Å². The molecule has 1 saturated carbocycles. The van der Waals surface area contributed by atoms with Crippen LogP contribution < -0.4 is 5.73 Å². The molecule has 5 unspecified atom stereocenters. The van der Waals surface area contributed by atoms with Gasteiger partial charge in [-0.2, -0.15) is 0 Å². The van der Waals surface area contributed by atoms with Crippen LogP contribution in [-0.2, 0) is 4.79 Å². The van der Waals surface area contributed by atoms with Crippen LogP contribution in [0.4, 0.5) is 0 Å². The average Bonchev–Trinajstić information content (AvgIpc) is 2.82. The molecule has 1 amide bonds. The fourth-order valence-corrected chi connectivity index (χ4v) is 4.59. The van der Waals surface area contributed by atoms with Crippen LogP contribution >= 0.6 is 0 Å². The molecule has 2 aliphatic heterocycles. The highest BCUT2D eigenvalue weighted by Crippen LogP contribution is 2.32. The van der Waals surface area contributed by atoms with Gasteiger partial charge >= 0.3 is 0 Å². The number of carbonyl (C=O) groups is 1. The first-order valence-corrected chi connectivity index (χ1v) is 8.34. The van der Waals surface area contributed by atoms with Gasteiger partial charge in [-0.05, 0) is 51.5 Å². The van der Waals surface area contributed by atoms with E-state index in [1.54, 1.807) is 0 Å². The monoisotopic (exact) mass is 279 g/mol. The third-order valence-corrected chi connectivity index (χ3v) is 5.55. The summed E-state index contributed by atoms with van der Waals surface area (Å²) >= 11 is 0. The quantitative estimate of drug-likeness (QED) is 0.790. The second-order valence-electron chi connectivity index (χ2n) is 7.40. The normalized spacial score (nSPS) is 42.5. The van der Waals surface area contributed by atoms with E-state index in [4.69, 9.17) is 5.73 Å². The van der Waals surface area contributed by atoms with Crippen LogP contribution in [0.1, 0.15) is 46.0 Å². The number of hydrogen-bond donors (Lipinski definition) is 1. The number of carbonyl (C=O) groups excluding carboxylic acids is 1. The molecule has 0 spiro atoms. The summed E-state index contributed by atoms with van der Waals surface area (Å²) in [6, 6.07) is 1.20. The molecular formula is C16H29N3O. The summed E-state index contributed by atoms with van der Waals surface area (Å²) in [6.45, 7) is 7.67. The molecule has 2 saturated heterocycles. The largest absolute Gasteiger partial charge is 0.337 e. The predicted molar refractivity (Wildman–Crippen MR) is 80.3 cm³/mol. The van der Waals surface area contributed by atoms with Crippen molar-refractivity contribution >= 4 is 5.91 Å². The minimum atomic E-state index is 0.171. The van der Waals surface area contributed by atoms with Crippen LogP contribution in [0.3, 0.4) is 0 Å². The lowest BCUT2D eigenvalue weighted by molar-refractivity contribution is -0.143. The van der Waals surface area contributed by atoms with Crippen molar-refractivity contribution in [2.75, 3.05) is 19.6 Å². The van der Waals surface area contributed by atoms with E-state index in [1.165, 1.54) is 19.4 Å². The van der Waals surface area contributed by atoms with Crippen molar-refractivity contribution < 1.29 is 4.79 Å². The molecular weight excluding hydrogens is 250 g/mol. The number of nitrogens with two attached hydrogens (primary N) is 1. The highest BCUT2D eigenvalue weighted by atomic mass is 16.2. The highest BCUT2D eigenvalue weighted by molar-refractivity contribution is 5.79. The van der Waals surface area contributed by atoms with Gasteiger partial charge in [0.05, 0.1) is 0 Å². The minimum Gasteiger partial charge on any atom is -0.337 e. The Balaban J connectivity index is 1.66. The Bertz CT molecular complexity index is 363. The SMILES string of the molecule is CC1CC(N)CC(C(=O)N2CC3CCCN3CC2C)C1. The van der Waals surface area contributed by atoms with E-state index < -0.39 is 0 Å². The van der Waals surface area contributed by atoms with Crippen molar-refractivity contribution in [3.05, 3.63) is 0 Å². The summed E-state index contributed by atoms with van der Waals surface area (Å²) in [6.07, 6.45) is 5.56. The van der Waals surface area contributed by atoms with Crippen LogP contribution in [-0.4, -0.2) is 53.5 Å². The summed E-state index contributed by atoms with van der Waals surface area (Å²) in [5, 5.41) is 0. The number of hydrogen-bond acceptors (Lipinski definition) is 3. The smallest absolute Gasteiger partial charge is 0.226 e. The van der Waals surface area contributed by atoms with E-state index in [2.05, 4.69) is 23.6 Å². The van der Waals surface area contributed by atoms with E-state index in [1.807, 2.05) is 0 Å². The zero-order chi connectivity index (χ0) is 14.3. The van der Waals surface area contributed by atoms with Crippen LogP contribution in [0.5, 0.6) is 0 Å². The Kier molecular flexibility index (Phi) is 4.04. The molecule has 0 bridgehead atoms. The third-order valence-electron chi connectivity index (χ3n) is 5.55. The molecule has 114 valence electrons. The maximum atomic E-state index is 12.9. The van der Waals surface area contributed by atoms with Gasteiger partial charge in [-0.3, -0.25) is 9.69 Å². The molecule has 3 fully saturated rings. The molecule has 1 aliphatic carbocycles. The Morgan fingerprint density at radius 1 is 1.15 bits per heavy atom. The molecule has 0 radical (unpaired) electrons. The van der Waals surface area contributed by atoms with Crippen LogP contribution in [0, 0.1) is 11.8 Å². The van der Waals surface area contributed by atoms with Crippen molar-refractivity contribution in [1.29, 1.82) is 0 Å². The van der Waals surface area contributed by atoms with Gasteiger partial charge < -0.3 is 10.6 Å². The first kappa shape index (κ1) is 14.3. The lowest BCUT2D eigenvalue weighted by Gasteiger charge is -2.44. The molecule has 0 aromatic carbocycles. The van der Waals surface area contributed by atoms with Gasteiger partial charge in [0.2, 0.25) is 5.91 Å². The zero-order valence-electron chi connectivity index (χ0n) is 12.9. The van der Waals surface area contributed by atoms with Gasteiger partial charge in [-0.1, -0.05) is 6.92 Å². The van der Waals surface area contributed by atoms with Crippen LogP contribution in [0.15, 0.2) is 0 Å². The minimum absolute atomic E-state index is 0.171. The summed E-state index contributed by atoms with van der Waals surface area (Å²) in [5.41, 5.74) is 6.12. The molecule has 2 N–H and O–H groups in total. The summed E-state index contributed by atoms with van der Waals surface area (Å²) < 4.78 is 0. The predicted octanol–water partition coefficient (Wildman–Crippen LogP) is 1.45. The van der Waals surface area contributed by atoms with Gasteiger partial charge in [0, 0.05) is 37.1 Å². The van der Waals surface area contributed by atoms with Gasteiger partial charge in [-0.25, -0.2) is 0 Å². The van der Waals surface area contributed by atoms with Crippen molar-refractivity contribution in [2.24, 2.45) is 17.6 Å². The molecule has 0 aromatic heterocycles. The lowest BCUT2D eigenvalue weighted by Crippen LogP contribution is -2.58. The molecule has 4 nitrogen and oxygen atoms in total. The fourth-order valence-electron chi connectivity index (χ4n) is 4.59. The standard InChI is InChI=1S/C16H29N3O/c1-11-6-13(8-14(17)7-11)16(20)19-10-15-4-3-5-18(15)9-12(19)2/h11-15H,3-10,17H2,1-2H3. The zero-order valence-corrected chi connectivity index (χ0v) is 12.9. The topological polar surface area (TPSA) is 49.6 Å². The first-order valence-electron chi connectivity index (χ1n) is 8.34. The van der Waals surface area contributed by atoms with Gasteiger partial charge in [0.25, 0.3) is 0 Å². The summed E-state index contributed by atoms with van der Waals surface area (Å²) in [4.78, 5) is 17.6. The summed E-state index contributed by atoms with van der Waals surface area (Å²) in [7, 11) is 0. The molecule has 3 rings (SSSR count). The number of rotatable bonds is 1. The summed E-state index contributed by atoms with van der Waals surface area (Å²) in [5.74, 6) is 1.14. The maximum absolute atomic E-state index is 12.9. The number of amides is 1.